The second-order valence-electron chi connectivity index (χ2n) is 8.02. The summed E-state index contributed by atoms with van der Waals surface area (Å²) >= 11 is 0. The fourth-order valence-electron chi connectivity index (χ4n) is 4.46. The molecule has 34 heavy (non-hydrogen) atoms. The second kappa shape index (κ2) is 9.02. The Morgan fingerprint density at radius 2 is 1.74 bits per heavy atom. The highest BCUT2D eigenvalue weighted by Crippen LogP contribution is 2.38. The molecule has 7 heteroatoms. The third kappa shape index (κ3) is 4.01. The van der Waals surface area contributed by atoms with Crippen molar-refractivity contribution in [3.05, 3.63) is 114 Å². The average Bonchev–Trinajstić information content (AvgIpc) is 3.24. The zero-order valence-electron chi connectivity index (χ0n) is 18.5. The van der Waals surface area contributed by atoms with Crippen LogP contribution in [-0.4, -0.2) is 22.1 Å². The number of nitrogens with one attached hydrogen (secondary N) is 1. The van der Waals surface area contributed by atoms with Crippen LogP contribution >= 0.6 is 0 Å². The molecule has 1 aliphatic heterocycles. The third-order valence-electron chi connectivity index (χ3n) is 5.85. The molecule has 1 N–H and O–H groups in total. The highest BCUT2D eigenvalue weighted by molar-refractivity contribution is 5.91. The topological polar surface area (TPSA) is 46.5 Å². The van der Waals surface area contributed by atoms with Gasteiger partial charge < -0.3 is 19.5 Å². The van der Waals surface area contributed by atoms with Gasteiger partial charge >= 0.3 is 6.03 Å². The van der Waals surface area contributed by atoms with Crippen LogP contribution in [0.3, 0.4) is 0 Å². The van der Waals surface area contributed by atoms with E-state index in [0.717, 1.165) is 23.0 Å². The molecule has 4 aromatic rings. The molecule has 0 spiro atoms. The lowest BCUT2D eigenvalue weighted by Gasteiger charge is -2.31. The minimum absolute atomic E-state index is 0.239. The van der Waals surface area contributed by atoms with E-state index in [0.29, 0.717) is 23.6 Å². The molecule has 5 rings (SSSR count). The van der Waals surface area contributed by atoms with E-state index in [4.69, 9.17) is 4.74 Å². The Bertz CT molecular complexity index is 1330. The van der Waals surface area contributed by atoms with Crippen molar-refractivity contribution < 1.29 is 18.3 Å². The van der Waals surface area contributed by atoms with Crippen molar-refractivity contribution in [2.75, 3.05) is 11.9 Å². The maximum absolute atomic E-state index is 14.3. The van der Waals surface area contributed by atoms with Crippen molar-refractivity contribution in [1.29, 1.82) is 0 Å². The fourth-order valence-corrected chi connectivity index (χ4v) is 4.46. The van der Waals surface area contributed by atoms with Crippen molar-refractivity contribution in [3.63, 3.8) is 0 Å². The van der Waals surface area contributed by atoms with E-state index in [1.807, 2.05) is 60.2 Å². The largest absolute Gasteiger partial charge is 0.492 e. The number of aromatic nitrogens is 1. The minimum Gasteiger partial charge on any atom is -0.492 e. The molecule has 2 heterocycles. The molecule has 0 saturated heterocycles. The van der Waals surface area contributed by atoms with Gasteiger partial charge in [-0.25, -0.2) is 13.6 Å². The Kier molecular flexibility index (Phi) is 5.76. The highest BCUT2D eigenvalue weighted by Gasteiger charge is 2.33. The van der Waals surface area contributed by atoms with Crippen LogP contribution in [0.15, 0.2) is 85.1 Å². The number of carbonyl (C=O) groups excluding carboxylic acids is 1. The van der Waals surface area contributed by atoms with E-state index < -0.39 is 23.7 Å². The first kappa shape index (κ1) is 21.7. The molecule has 5 nitrogen and oxygen atoms in total. The van der Waals surface area contributed by atoms with E-state index in [1.165, 1.54) is 12.1 Å². The Morgan fingerprint density at radius 3 is 2.53 bits per heavy atom. The number of halogens is 2. The van der Waals surface area contributed by atoms with E-state index >= 15 is 0 Å². The smallest absolute Gasteiger partial charge is 0.323 e. The number of para-hydroxylation sites is 3. The van der Waals surface area contributed by atoms with E-state index in [2.05, 4.69) is 5.32 Å². The van der Waals surface area contributed by atoms with Crippen LogP contribution < -0.4 is 10.1 Å². The van der Waals surface area contributed by atoms with Gasteiger partial charge in [-0.15, -0.1) is 0 Å². The summed E-state index contributed by atoms with van der Waals surface area (Å²) < 4.78 is 36.2. The number of ether oxygens (including phenoxy) is 1. The first-order valence-electron chi connectivity index (χ1n) is 11.1. The van der Waals surface area contributed by atoms with Crippen molar-refractivity contribution in [2.45, 2.75) is 19.5 Å². The number of hydrogen-bond acceptors (Lipinski definition) is 2. The summed E-state index contributed by atoms with van der Waals surface area (Å²) in [5, 5.41) is 2.94. The molecular formula is C27H23F2N3O2. The van der Waals surface area contributed by atoms with Gasteiger partial charge in [-0.2, -0.15) is 0 Å². The number of hydrogen-bond donors (Lipinski definition) is 1. The maximum Gasteiger partial charge on any atom is 0.323 e. The van der Waals surface area contributed by atoms with Crippen LogP contribution in [0.1, 0.15) is 29.8 Å². The van der Waals surface area contributed by atoms with Crippen LogP contribution in [0.4, 0.5) is 19.3 Å². The van der Waals surface area contributed by atoms with Crippen LogP contribution in [0.25, 0.3) is 5.69 Å². The Morgan fingerprint density at radius 1 is 1.00 bits per heavy atom. The number of rotatable bonds is 4. The lowest BCUT2D eigenvalue weighted by Crippen LogP contribution is -2.38. The second-order valence-corrected chi connectivity index (χ2v) is 8.02. The van der Waals surface area contributed by atoms with Gasteiger partial charge in [0.15, 0.2) is 0 Å². The quantitative estimate of drug-likeness (QED) is 0.390. The Balaban J connectivity index is 1.64. The summed E-state index contributed by atoms with van der Waals surface area (Å²) in [4.78, 5) is 15.3. The number of urea groups is 1. The van der Waals surface area contributed by atoms with Gasteiger partial charge in [0, 0.05) is 18.0 Å². The molecule has 172 valence electrons. The van der Waals surface area contributed by atoms with E-state index in [-0.39, 0.29) is 6.54 Å². The van der Waals surface area contributed by atoms with E-state index in [1.54, 1.807) is 23.1 Å². The predicted octanol–water partition coefficient (Wildman–Crippen LogP) is 6.29. The molecule has 0 saturated carbocycles. The number of benzene rings is 3. The van der Waals surface area contributed by atoms with Crippen molar-refractivity contribution in [3.8, 4) is 11.4 Å². The van der Waals surface area contributed by atoms with Crippen LogP contribution in [-0.2, 0) is 6.54 Å². The van der Waals surface area contributed by atoms with Crippen LogP contribution in [0.5, 0.6) is 5.75 Å². The van der Waals surface area contributed by atoms with Crippen molar-refractivity contribution in [2.24, 2.45) is 0 Å². The maximum atomic E-state index is 14.3. The molecule has 0 bridgehead atoms. The molecule has 1 atom stereocenters. The fraction of sp³-hybridized carbons (Fsp3) is 0.148. The van der Waals surface area contributed by atoms with Crippen LogP contribution in [0, 0.1) is 11.6 Å². The summed E-state index contributed by atoms with van der Waals surface area (Å²) in [6, 6.07) is 20.9. The lowest BCUT2D eigenvalue weighted by molar-refractivity contribution is 0.194. The molecule has 3 aromatic carbocycles. The number of fused-ring (bicyclic) bond motifs is 3. The van der Waals surface area contributed by atoms with Gasteiger partial charge in [0.1, 0.15) is 17.4 Å². The molecule has 0 fully saturated rings. The van der Waals surface area contributed by atoms with Crippen LogP contribution in [0.2, 0.25) is 0 Å². The summed E-state index contributed by atoms with van der Waals surface area (Å²) in [5.74, 6) is -0.848. The normalized spacial score (nSPS) is 14.7. The van der Waals surface area contributed by atoms with Gasteiger partial charge in [-0.1, -0.05) is 30.3 Å². The monoisotopic (exact) mass is 459 g/mol. The standard InChI is InChI=1S/C27H23F2N3O2/c1-2-34-25-12-6-4-9-22(25)30-27(33)32-17-18-8-3-5-10-23(18)31-13-7-11-24(31)26(32)19-14-20(28)16-21(29)15-19/h3-16,26H,2,17H2,1H3,(H,30,33)/t26-/m0/s1. The van der Waals surface area contributed by atoms with Crippen molar-refractivity contribution >= 4 is 11.7 Å². The zero-order valence-corrected chi connectivity index (χ0v) is 18.5. The molecule has 1 aliphatic rings. The first-order chi connectivity index (χ1) is 16.5. The van der Waals surface area contributed by atoms with Gasteiger partial charge in [0.05, 0.1) is 30.6 Å². The van der Waals surface area contributed by atoms with Gasteiger partial charge in [0.2, 0.25) is 0 Å². The van der Waals surface area contributed by atoms with Gasteiger partial charge in [-0.3, -0.25) is 0 Å². The Labute approximate surface area is 196 Å². The van der Waals surface area contributed by atoms with Gasteiger partial charge in [-0.05, 0) is 60.5 Å². The minimum atomic E-state index is -0.730. The molecular weight excluding hydrogens is 436 g/mol. The van der Waals surface area contributed by atoms with Crippen molar-refractivity contribution in [1.82, 2.24) is 9.47 Å². The first-order valence-corrected chi connectivity index (χ1v) is 11.1. The summed E-state index contributed by atoms with van der Waals surface area (Å²) in [5.41, 5.74) is 3.41. The Hall–Kier alpha value is -4.13. The third-order valence-corrected chi connectivity index (χ3v) is 5.85. The zero-order chi connectivity index (χ0) is 23.7. The highest BCUT2D eigenvalue weighted by atomic mass is 19.1. The molecule has 0 unspecified atom stereocenters. The predicted molar refractivity (Wildman–Crippen MR) is 126 cm³/mol. The SMILES string of the molecule is CCOc1ccccc1NC(=O)N1Cc2ccccc2-n2cccc2[C@@H]1c1cc(F)cc(F)c1. The van der Waals surface area contributed by atoms with E-state index in [9.17, 15) is 13.6 Å². The average molecular weight is 459 g/mol. The molecule has 1 aromatic heterocycles. The number of anilines is 1. The summed E-state index contributed by atoms with van der Waals surface area (Å²) in [6.07, 6.45) is 1.89. The number of nitrogens with zero attached hydrogens (tertiary/aromatic N) is 2. The molecule has 0 aliphatic carbocycles. The lowest BCUT2D eigenvalue weighted by atomic mass is 10.0. The number of carbonyl (C=O) groups is 1. The number of amides is 2. The molecule has 2 amide bonds. The molecule has 0 radical (unpaired) electrons. The summed E-state index contributed by atoms with van der Waals surface area (Å²) in [7, 11) is 0. The van der Waals surface area contributed by atoms with Gasteiger partial charge in [0.25, 0.3) is 0 Å². The summed E-state index contributed by atoms with van der Waals surface area (Å²) in [6.45, 7) is 2.55.